The second-order valence-electron chi connectivity index (χ2n) is 7.87. The van der Waals surface area contributed by atoms with Gasteiger partial charge in [-0.05, 0) is 55.3 Å². The highest BCUT2D eigenvalue weighted by Crippen LogP contribution is 2.23. The van der Waals surface area contributed by atoms with Crippen molar-refractivity contribution < 1.29 is 4.79 Å². The minimum atomic E-state index is -0.366. The highest BCUT2D eigenvalue weighted by molar-refractivity contribution is 6.30. The van der Waals surface area contributed by atoms with Crippen molar-refractivity contribution in [2.75, 3.05) is 6.54 Å². The molecule has 0 aliphatic heterocycles. The van der Waals surface area contributed by atoms with Crippen LogP contribution in [0.4, 0.5) is 0 Å². The standard InChI is InChI=1S/C25H20ClN5O2/c1-15-3-2-4-17(13-15)22-23-28-25(33)20-10-7-18(14-21(20)31(23)30-29-22)24(32)27-12-11-16-5-8-19(26)9-6-16/h2-10,13-14,30H,11-12H2,1H3,(H,27,32). The van der Waals surface area contributed by atoms with E-state index in [0.717, 1.165) is 16.7 Å². The first-order valence-electron chi connectivity index (χ1n) is 10.5. The number of carbonyl (C=O) groups excluding carboxylic acids is 1. The molecule has 0 atom stereocenters. The van der Waals surface area contributed by atoms with E-state index in [9.17, 15) is 9.59 Å². The van der Waals surface area contributed by atoms with Crippen LogP contribution in [-0.2, 0) is 6.42 Å². The predicted octanol–water partition coefficient (Wildman–Crippen LogP) is 4.17. The van der Waals surface area contributed by atoms with Crippen molar-refractivity contribution in [3.05, 3.63) is 98.8 Å². The van der Waals surface area contributed by atoms with Gasteiger partial charge in [0.25, 0.3) is 11.5 Å². The summed E-state index contributed by atoms with van der Waals surface area (Å²) in [6.45, 7) is 2.47. The van der Waals surface area contributed by atoms with Crippen LogP contribution < -0.4 is 10.9 Å². The molecule has 164 valence electrons. The van der Waals surface area contributed by atoms with Gasteiger partial charge < -0.3 is 5.32 Å². The fraction of sp³-hybridized carbons (Fsp3) is 0.120. The number of hydrogen-bond acceptors (Lipinski definition) is 4. The highest BCUT2D eigenvalue weighted by Gasteiger charge is 2.16. The molecule has 0 spiro atoms. The first-order valence-corrected chi connectivity index (χ1v) is 10.9. The van der Waals surface area contributed by atoms with Gasteiger partial charge in [-0.3, -0.25) is 9.59 Å². The molecule has 2 N–H and O–H groups in total. The molecule has 5 aromatic rings. The number of aryl methyl sites for hydroxylation is 1. The van der Waals surface area contributed by atoms with Crippen LogP contribution in [0.25, 0.3) is 27.8 Å². The summed E-state index contributed by atoms with van der Waals surface area (Å²) in [6.07, 6.45) is 0.685. The Hall–Kier alpha value is -3.97. The second kappa shape index (κ2) is 8.52. The Kier molecular flexibility index (Phi) is 5.40. The topological polar surface area (TPSA) is 92.2 Å². The molecule has 0 fully saturated rings. The lowest BCUT2D eigenvalue weighted by atomic mass is 10.1. The lowest BCUT2D eigenvalue weighted by molar-refractivity contribution is 0.0954. The third-order valence-corrected chi connectivity index (χ3v) is 5.78. The number of amides is 1. The van der Waals surface area contributed by atoms with Crippen molar-refractivity contribution >= 4 is 34.1 Å². The van der Waals surface area contributed by atoms with E-state index in [2.05, 4.69) is 20.6 Å². The normalized spacial score (nSPS) is 11.2. The van der Waals surface area contributed by atoms with Crippen molar-refractivity contribution in [1.82, 2.24) is 25.1 Å². The van der Waals surface area contributed by atoms with Crippen LogP contribution in [0.1, 0.15) is 21.5 Å². The van der Waals surface area contributed by atoms with Crippen molar-refractivity contribution in [2.24, 2.45) is 0 Å². The maximum absolute atomic E-state index is 12.8. The molecule has 0 saturated carbocycles. The molecule has 0 aliphatic carbocycles. The van der Waals surface area contributed by atoms with Gasteiger partial charge >= 0.3 is 0 Å². The number of rotatable bonds is 5. The van der Waals surface area contributed by atoms with Crippen molar-refractivity contribution in [2.45, 2.75) is 13.3 Å². The lowest BCUT2D eigenvalue weighted by Gasteiger charge is -2.07. The van der Waals surface area contributed by atoms with Gasteiger partial charge in [0.15, 0.2) is 5.65 Å². The SMILES string of the molecule is Cc1cccc(-c2n[nH]n3c2nc(=O)c2ccc(C(=O)NCCc4ccc(Cl)cc4)cc23)c1. The Labute approximate surface area is 194 Å². The van der Waals surface area contributed by atoms with E-state index in [0.29, 0.717) is 45.8 Å². The predicted molar refractivity (Wildman–Crippen MR) is 129 cm³/mol. The van der Waals surface area contributed by atoms with Crippen LogP contribution in [0, 0.1) is 6.92 Å². The molecule has 8 heteroatoms. The number of aromatic nitrogens is 4. The number of carbonyl (C=O) groups is 1. The molecule has 5 rings (SSSR count). The van der Waals surface area contributed by atoms with Crippen LogP contribution in [-0.4, -0.2) is 32.3 Å². The largest absolute Gasteiger partial charge is 0.352 e. The molecular weight excluding hydrogens is 438 g/mol. The fourth-order valence-electron chi connectivity index (χ4n) is 3.83. The monoisotopic (exact) mass is 457 g/mol. The molecular formula is C25H20ClN5O2. The maximum atomic E-state index is 12.8. The Bertz CT molecular complexity index is 1550. The molecule has 33 heavy (non-hydrogen) atoms. The molecule has 0 aliphatic rings. The molecule has 2 aromatic heterocycles. The van der Waals surface area contributed by atoms with Crippen LogP contribution in [0.5, 0.6) is 0 Å². The van der Waals surface area contributed by atoms with Gasteiger partial charge in [-0.15, -0.1) is 0 Å². The average Bonchev–Trinajstić information content (AvgIpc) is 3.24. The Balaban J connectivity index is 1.46. The van der Waals surface area contributed by atoms with Crippen molar-refractivity contribution in [3.8, 4) is 11.3 Å². The molecule has 0 saturated heterocycles. The Morgan fingerprint density at radius 3 is 2.70 bits per heavy atom. The summed E-state index contributed by atoms with van der Waals surface area (Å²) < 4.78 is 1.64. The number of nitrogens with one attached hydrogen (secondary N) is 2. The number of aromatic amines is 1. The van der Waals surface area contributed by atoms with Gasteiger partial charge in [0, 0.05) is 22.7 Å². The number of hydrogen-bond donors (Lipinski definition) is 2. The van der Waals surface area contributed by atoms with E-state index in [1.165, 1.54) is 0 Å². The Morgan fingerprint density at radius 2 is 1.91 bits per heavy atom. The lowest BCUT2D eigenvalue weighted by Crippen LogP contribution is -2.25. The number of fused-ring (bicyclic) bond motifs is 3. The third kappa shape index (κ3) is 4.10. The van der Waals surface area contributed by atoms with Crippen molar-refractivity contribution in [1.29, 1.82) is 0 Å². The summed E-state index contributed by atoms with van der Waals surface area (Å²) >= 11 is 5.91. The second-order valence-corrected chi connectivity index (χ2v) is 8.31. The van der Waals surface area contributed by atoms with E-state index in [-0.39, 0.29) is 11.5 Å². The number of benzene rings is 3. The van der Waals surface area contributed by atoms with E-state index in [4.69, 9.17) is 11.6 Å². The molecule has 0 bridgehead atoms. The number of H-pyrrole nitrogens is 1. The smallest absolute Gasteiger partial charge is 0.281 e. The zero-order valence-electron chi connectivity index (χ0n) is 17.8. The van der Waals surface area contributed by atoms with Crippen LogP contribution in [0.3, 0.4) is 0 Å². The first-order chi connectivity index (χ1) is 16.0. The fourth-order valence-corrected chi connectivity index (χ4v) is 3.95. The van der Waals surface area contributed by atoms with Gasteiger partial charge in [-0.2, -0.15) is 10.1 Å². The zero-order valence-corrected chi connectivity index (χ0v) is 18.6. The summed E-state index contributed by atoms with van der Waals surface area (Å²) in [7, 11) is 0. The molecule has 3 aromatic carbocycles. The zero-order chi connectivity index (χ0) is 22.9. The Morgan fingerprint density at radius 1 is 1.09 bits per heavy atom. The summed E-state index contributed by atoms with van der Waals surface area (Å²) in [5.74, 6) is -0.220. The number of nitrogens with zero attached hydrogens (tertiary/aromatic N) is 3. The van der Waals surface area contributed by atoms with E-state index in [1.54, 1.807) is 22.7 Å². The third-order valence-electron chi connectivity index (χ3n) is 5.53. The van der Waals surface area contributed by atoms with Crippen LogP contribution >= 0.6 is 11.6 Å². The minimum Gasteiger partial charge on any atom is -0.352 e. The van der Waals surface area contributed by atoms with E-state index < -0.39 is 0 Å². The summed E-state index contributed by atoms with van der Waals surface area (Å²) in [4.78, 5) is 29.7. The van der Waals surface area contributed by atoms with Gasteiger partial charge in [0.2, 0.25) is 0 Å². The summed E-state index contributed by atoms with van der Waals surface area (Å²) in [6, 6.07) is 20.3. The van der Waals surface area contributed by atoms with Gasteiger partial charge in [-0.1, -0.05) is 47.5 Å². The van der Waals surface area contributed by atoms with E-state index in [1.807, 2.05) is 55.5 Å². The van der Waals surface area contributed by atoms with Crippen LogP contribution in [0.15, 0.2) is 71.5 Å². The van der Waals surface area contributed by atoms with Gasteiger partial charge in [0.05, 0.1) is 10.9 Å². The first kappa shape index (κ1) is 20.9. The summed E-state index contributed by atoms with van der Waals surface area (Å²) in [5.41, 5.74) is 4.64. The highest BCUT2D eigenvalue weighted by atomic mass is 35.5. The van der Waals surface area contributed by atoms with E-state index >= 15 is 0 Å². The molecule has 1 amide bonds. The van der Waals surface area contributed by atoms with Crippen molar-refractivity contribution in [3.63, 3.8) is 0 Å². The maximum Gasteiger partial charge on any atom is 0.281 e. The molecule has 2 heterocycles. The molecule has 0 unspecified atom stereocenters. The van der Waals surface area contributed by atoms with Crippen LogP contribution in [0.2, 0.25) is 5.02 Å². The minimum absolute atomic E-state index is 0.220. The van der Waals surface area contributed by atoms with Gasteiger partial charge in [-0.25, -0.2) is 9.73 Å². The molecule has 7 nitrogen and oxygen atoms in total. The number of halogens is 1. The average molecular weight is 458 g/mol. The molecule has 0 radical (unpaired) electrons. The quantitative estimate of drug-likeness (QED) is 0.414. The summed E-state index contributed by atoms with van der Waals surface area (Å²) in [5, 5.41) is 11.3. The van der Waals surface area contributed by atoms with Gasteiger partial charge in [0.1, 0.15) is 5.69 Å².